The maximum atomic E-state index is 5.72. The van der Waals surface area contributed by atoms with E-state index in [1.807, 2.05) is 29.8 Å². The first kappa shape index (κ1) is 8.74. The number of rotatable bonds is 2. The zero-order chi connectivity index (χ0) is 9.97. The predicted molar refractivity (Wildman–Crippen MR) is 54.7 cm³/mol. The van der Waals surface area contributed by atoms with Crippen molar-refractivity contribution in [1.82, 2.24) is 14.5 Å². The predicted octanol–water partition coefficient (Wildman–Crippen LogP) is 1.22. The molecule has 72 valence electrons. The highest BCUT2D eigenvalue weighted by molar-refractivity contribution is 5.24. The first-order valence-corrected chi connectivity index (χ1v) is 4.44. The van der Waals surface area contributed by atoms with Crippen molar-refractivity contribution in [3.8, 4) is 0 Å². The summed E-state index contributed by atoms with van der Waals surface area (Å²) in [5, 5.41) is 0. The Morgan fingerprint density at radius 1 is 1.43 bits per heavy atom. The minimum Gasteiger partial charge on any atom is -0.369 e. The largest absolute Gasteiger partial charge is 0.369 e. The number of nitrogens with zero attached hydrogens (tertiary/aromatic N) is 3. The quantitative estimate of drug-likeness (QED) is 0.770. The van der Waals surface area contributed by atoms with E-state index in [-0.39, 0.29) is 0 Å². The number of hydrogen-bond donors (Lipinski definition) is 1. The molecular weight excluding hydrogens is 176 g/mol. The summed E-state index contributed by atoms with van der Waals surface area (Å²) in [7, 11) is 0. The second-order valence-electron chi connectivity index (χ2n) is 3.21. The van der Waals surface area contributed by atoms with Crippen molar-refractivity contribution in [3.63, 3.8) is 0 Å². The molecule has 4 nitrogen and oxygen atoms in total. The van der Waals surface area contributed by atoms with Crippen molar-refractivity contribution in [2.75, 3.05) is 5.73 Å². The van der Waals surface area contributed by atoms with Gasteiger partial charge in [0.15, 0.2) is 0 Å². The summed E-state index contributed by atoms with van der Waals surface area (Å²) in [4.78, 5) is 8.08. The van der Waals surface area contributed by atoms with Crippen LogP contribution in [-0.4, -0.2) is 14.5 Å². The molecule has 2 rings (SSSR count). The molecule has 0 atom stereocenters. The Morgan fingerprint density at radius 3 is 2.86 bits per heavy atom. The van der Waals surface area contributed by atoms with Gasteiger partial charge in [0.1, 0.15) is 0 Å². The third kappa shape index (κ3) is 1.59. The average molecular weight is 188 g/mol. The Labute approximate surface area is 82.4 Å². The number of anilines is 1. The smallest absolute Gasteiger partial charge is 0.200 e. The molecule has 0 aliphatic heterocycles. The standard InChI is InChI=1S/C10H12N4/c1-8-5-13-10(11)14(8)7-9-3-2-4-12-6-9/h2-6H,7H2,1H3,(H2,11,13). The van der Waals surface area contributed by atoms with Gasteiger partial charge in [0, 0.05) is 18.1 Å². The van der Waals surface area contributed by atoms with E-state index in [2.05, 4.69) is 9.97 Å². The fourth-order valence-electron chi connectivity index (χ4n) is 1.36. The molecule has 14 heavy (non-hydrogen) atoms. The van der Waals surface area contributed by atoms with Crippen LogP contribution in [0.2, 0.25) is 0 Å². The van der Waals surface area contributed by atoms with E-state index in [1.165, 1.54) is 0 Å². The van der Waals surface area contributed by atoms with Gasteiger partial charge in [0.05, 0.1) is 12.7 Å². The summed E-state index contributed by atoms with van der Waals surface area (Å²) in [6.07, 6.45) is 5.36. The van der Waals surface area contributed by atoms with Crippen LogP contribution in [0.5, 0.6) is 0 Å². The second-order valence-corrected chi connectivity index (χ2v) is 3.21. The maximum Gasteiger partial charge on any atom is 0.200 e. The maximum absolute atomic E-state index is 5.72. The van der Waals surface area contributed by atoms with Crippen molar-refractivity contribution in [2.45, 2.75) is 13.5 Å². The summed E-state index contributed by atoms with van der Waals surface area (Å²) in [6, 6.07) is 3.93. The van der Waals surface area contributed by atoms with Crippen LogP contribution < -0.4 is 5.73 Å². The lowest BCUT2D eigenvalue weighted by Crippen LogP contribution is -2.06. The van der Waals surface area contributed by atoms with E-state index >= 15 is 0 Å². The highest BCUT2D eigenvalue weighted by Crippen LogP contribution is 2.09. The Morgan fingerprint density at radius 2 is 2.29 bits per heavy atom. The first-order valence-electron chi connectivity index (χ1n) is 4.44. The number of pyridine rings is 1. The molecule has 0 saturated carbocycles. The fraction of sp³-hybridized carbons (Fsp3) is 0.200. The second kappa shape index (κ2) is 3.49. The molecule has 2 aromatic rings. The minimum atomic E-state index is 0.548. The van der Waals surface area contributed by atoms with Crippen LogP contribution in [0.15, 0.2) is 30.7 Å². The molecule has 0 aromatic carbocycles. The monoisotopic (exact) mass is 188 g/mol. The first-order chi connectivity index (χ1) is 6.77. The van der Waals surface area contributed by atoms with E-state index in [9.17, 15) is 0 Å². The summed E-state index contributed by atoms with van der Waals surface area (Å²) in [5.41, 5.74) is 7.91. The fourth-order valence-corrected chi connectivity index (χ4v) is 1.36. The van der Waals surface area contributed by atoms with Crippen molar-refractivity contribution >= 4 is 5.95 Å². The van der Waals surface area contributed by atoms with Crippen molar-refractivity contribution < 1.29 is 0 Å². The van der Waals surface area contributed by atoms with Gasteiger partial charge < -0.3 is 10.3 Å². The van der Waals surface area contributed by atoms with E-state index < -0.39 is 0 Å². The van der Waals surface area contributed by atoms with Crippen LogP contribution in [0.3, 0.4) is 0 Å². The zero-order valence-corrected chi connectivity index (χ0v) is 8.01. The van der Waals surface area contributed by atoms with Gasteiger partial charge in [0.2, 0.25) is 5.95 Å². The number of nitrogens with two attached hydrogens (primary N) is 1. The van der Waals surface area contributed by atoms with Gasteiger partial charge >= 0.3 is 0 Å². The topological polar surface area (TPSA) is 56.7 Å². The van der Waals surface area contributed by atoms with Gasteiger partial charge in [0.25, 0.3) is 0 Å². The van der Waals surface area contributed by atoms with E-state index in [0.717, 1.165) is 17.8 Å². The van der Waals surface area contributed by atoms with Crippen LogP contribution >= 0.6 is 0 Å². The van der Waals surface area contributed by atoms with Crippen LogP contribution in [0.25, 0.3) is 0 Å². The lowest BCUT2D eigenvalue weighted by atomic mass is 10.3. The molecule has 0 saturated heterocycles. The molecule has 0 spiro atoms. The highest BCUT2D eigenvalue weighted by atomic mass is 15.1. The normalized spacial score (nSPS) is 10.4. The summed E-state index contributed by atoms with van der Waals surface area (Å²) in [5.74, 6) is 0.548. The molecule has 0 unspecified atom stereocenters. The average Bonchev–Trinajstić information content (AvgIpc) is 2.51. The molecule has 0 fully saturated rings. The third-order valence-electron chi connectivity index (χ3n) is 2.15. The number of aryl methyl sites for hydroxylation is 1. The molecule has 0 aliphatic rings. The van der Waals surface area contributed by atoms with Crippen molar-refractivity contribution in [2.24, 2.45) is 0 Å². The molecule has 2 aromatic heterocycles. The summed E-state index contributed by atoms with van der Waals surface area (Å²) >= 11 is 0. The van der Waals surface area contributed by atoms with E-state index in [0.29, 0.717) is 5.95 Å². The van der Waals surface area contributed by atoms with Gasteiger partial charge in [-0.25, -0.2) is 4.98 Å². The summed E-state index contributed by atoms with van der Waals surface area (Å²) < 4.78 is 1.96. The third-order valence-corrected chi connectivity index (χ3v) is 2.15. The van der Waals surface area contributed by atoms with Gasteiger partial charge in [-0.3, -0.25) is 4.98 Å². The minimum absolute atomic E-state index is 0.548. The van der Waals surface area contributed by atoms with Crippen LogP contribution in [-0.2, 0) is 6.54 Å². The number of nitrogen functional groups attached to an aromatic ring is 1. The van der Waals surface area contributed by atoms with Gasteiger partial charge in [-0.1, -0.05) is 6.07 Å². The lowest BCUT2D eigenvalue weighted by Gasteiger charge is -2.06. The van der Waals surface area contributed by atoms with Gasteiger partial charge in [-0.15, -0.1) is 0 Å². The molecule has 0 aliphatic carbocycles. The molecule has 4 heteroatoms. The van der Waals surface area contributed by atoms with Gasteiger partial charge in [-0.2, -0.15) is 0 Å². The van der Waals surface area contributed by atoms with Crippen LogP contribution in [0.4, 0.5) is 5.95 Å². The van der Waals surface area contributed by atoms with E-state index in [4.69, 9.17) is 5.73 Å². The molecule has 2 heterocycles. The zero-order valence-electron chi connectivity index (χ0n) is 8.01. The summed E-state index contributed by atoms with van der Waals surface area (Å²) in [6.45, 7) is 2.71. The van der Waals surface area contributed by atoms with Crippen molar-refractivity contribution in [1.29, 1.82) is 0 Å². The Balaban J connectivity index is 2.27. The Hall–Kier alpha value is -1.84. The van der Waals surface area contributed by atoms with Crippen LogP contribution in [0.1, 0.15) is 11.3 Å². The number of hydrogen-bond acceptors (Lipinski definition) is 3. The SMILES string of the molecule is Cc1cnc(N)n1Cc1cccnc1. The van der Waals surface area contributed by atoms with Crippen LogP contribution in [0, 0.1) is 6.92 Å². The van der Waals surface area contributed by atoms with Gasteiger partial charge in [-0.05, 0) is 18.6 Å². The molecule has 0 amide bonds. The lowest BCUT2D eigenvalue weighted by molar-refractivity contribution is 0.779. The number of aromatic nitrogens is 3. The van der Waals surface area contributed by atoms with E-state index in [1.54, 1.807) is 12.4 Å². The molecule has 0 bridgehead atoms. The molecule has 2 N–H and O–H groups in total. The number of imidazole rings is 1. The highest BCUT2D eigenvalue weighted by Gasteiger charge is 2.03. The molecule has 0 radical (unpaired) electrons. The molecular formula is C10H12N4. The Kier molecular flexibility index (Phi) is 2.18. The van der Waals surface area contributed by atoms with Crippen molar-refractivity contribution in [3.05, 3.63) is 42.0 Å². The Bertz CT molecular complexity index is 399.